The molecule has 9 heteroatoms. The van der Waals surface area contributed by atoms with Gasteiger partial charge in [-0.2, -0.15) is 0 Å². The summed E-state index contributed by atoms with van der Waals surface area (Å²) in [5.41, 5.74) is 0. The zero-order valence-corrected chi connectivity index (χ0v) is 19.5. The predicted molar refractivity (Wildman–Crippen MR) is 119 cm³/mol. The van der Waals surface area contributed by atoms with Crippen LogP contribution in [0, 0.1) is 5.92 Å². The number of hydrogen-bond donors (Lipinski definition) is 2. The normalized spacial score (nSPS) is 19.0. The molecule has 2 N–H and O–H groups in total. The molecule has 0 aromatic rings. The number of nitrogens with one attached hydrogen (secondary N) is 1. The highest BCUT2D eigenvalue weighted by molar-refractivity contribution is 5.90. The van der Waals surface area contributed by atoms with Crippen molar-refractivity contribution < 1.29 is 29.0 Å². The molecule has 2 aliphatic rings. The summed E-state index contributed by atoms with van der Waals surface area (Å²) < 4.78 is 5.44. The van der Waals surface area contributed by atoms with Crippen molar-refractivity contribution in [1.82, 2.24) is 15.1 Å². The third-order valence-electron chi connectivity index (χ3n) is 6.07. The molecule has 0 spiro atoms. The van der Waals surface area contributed by atoms with E-state index in [1.807, 2.05) is 13.8 Å². The molecule has 3 amide bonds. The molecule has 2 fully saturated rings. The predicted octanol–water partition coefficient (Wildman–Crippen LogP) is 1.79. The number of amides is 3. The average molecular weight is 454 g/mol. The number of carbonyl (C=O) groups is 4. The van der Waals surface area contributed by atoms with E-state index in [1.54, 1.807) is 0 Å². The monoisotopic (exact) mass is 453 g/mol. The van der Waals surface area contributed by atoms with Gasteiger partial charge in [-0.05, 0) is 38.0 Å². The van der Waals surface area contributed by atoms with Crippen LogP contribution in [0.3, 0.4) is 0 Å². The van der Waals surface area contributed by atoms with Gasteiger partial charge in [0.2, 0.25) is 11.8 Å². The lowest BCUT2D eigenvalue weighted by molar-refractivity contribution is -0.148. The molecule has 9 nitrogen and oxygen atoms in total. The topological polar surface area (TPSA) is 116 Å². The number of carboxylic acids is 1. The summed E-state index contributed by atoms with van der Waals surface area (Å²) in [6.07, 6.45) is 6.50. The minimum absolute atomic E-state index is 0.0526. The van der Waals surface area contributed by atoms with E-state index in [0.29, 0.717) is 25.5 Å². The van der Waals surface area contributed by atoms with Crippen LogP contribution in [0.15, 0.2) is 0 Å². The second kappa shape index (κ2) is 13.4. The largest absolute Gasteiger partial charge is 0.481 e. The fourth-order valence-corrected chi connectivity index (χ4v) is 4.14. The summed E-state index contributed by atoms with van der Waals surface area (Å²) in [7, 11) is 0. The summed E-state index contributed by atoms with van der Waals surface area (Å²) in [6, 6.07) is 0.159. The number of aliphatic carboxylic acids is 1. The molecule has 1 saturated carbocycles. The summed E-state index contributed by atoms with van der Waals surface area (Å²) in [5, 5.41) is 12.1. The van der Waals surface area contributed by atoms with E-state index in [2.05, 4.69) is 5.32 Å². The van der Waals surface area contributed by atoms with Gasteiger partial charge >= 0.3 is 5.97 Å². The van der Waals surface area contributed by atoms with Crippen LogP contribution >= 0.6 is 0 Å². The third-order valence-corrected chi connectivity index (χ3v) is 6.07. The Labute approximate surface area is 190 Å². The van der Waals surface area contributed by atoms with Gasteiger partial charge in [0.05, 0.1) is 19.5 Å². The van der Waals surface area contributed by atoms with Gasteiger partial charge in [0.25, 0.3) is 5.91 Å². The summed E-state index contributed by atoms with van der Waals surface area (Å²) in [5.74, 6) is -1.57. The Kier molecular flexibility index (Phi) is 10.9. The molecule has 0 aromatic heterocycles. The Hall–Kier alpha value is -2.16. The van der Waals surface area contributed by atoms with E-state index in [9.17, 15) is 19.2 Å². The van der Waals surface area contributed by atoms with E-state index in [4.69, 9.17) is 9.84 Å². The van der Waals surface area contributed by atoms with Gasteiger partial charge in [-0.25, -0.2) is 0 Å². The summed E-state index contributed by atoms with van der Waals surface area (Å²) in [6.45, 7) is 4.62. The van der Waals surface area contributed by atoms with Crippen molar-refractivity contribution in [2.45, 2.75) is 83.8 Å². The molecule has 182 valence electrons. The lowest BCUT2D eigenvalue weighted by Crippen LogP contribution is -2.50. The van der Waals surface area contributed by atoms with Gasteiger partial charge in [0.15, 0.2) is 0 Å². The van der Waals surface area contributed by atoms with Gasteiger partial charge in [-0.3, -0.25) is 19.2 Å². The minimum atomic E-state index is -1.04. The van der Waals surface area contributed by atoms with E-state index >= 15 is 0 Å². The number of hydrogen-bond acceptors (Lipinski definition) is 5. The molecular formula is C23H39N3O6. The van der Waals surface area contributed by atoms with E-state index in [-0.39, 0.29) is 49.8 Å². The van der Waals surface area contributed by atoms with Gasteiger partial charge in [-0.15, -0.1) is 0 Å². The Morgan fingerprint density at radius 3 is 2.28 bits per heavy atom. The fraction of sp³-hybridized carbons (Fsp3) is 0.826. The first kappa shape index (κ1) is 26.1. The van der Waals surface area contributed by atoms with Crippen LogP contribution < -0.4 is 5.32 Å². The quantitative estimate of drug-likeness (QED) is 0.465. The smallest absolute Gasteiger partial charge is 0.305 e. The van der Waals surface area contributed by atoms with Crippen LogP contribution in [0.2, 0.25) is 0 Å². The highest BCUT2D eigenvalue weighted by atomic mass is 16.5. The van der Waals surface area contributed by atoms with Crippen LogP contribution in [0.5, 0.6) is 0 Å². The lowest BCUT2D eigenvalue weighted by atomic mass is 9.95. The Balaban J connectivity index is 2.01. The number of carboxylic acid groups (broad SMARTS) is 1. The molecule has 1 unspecified atom stereocenters. The Bertz CT molecular complexity index is 642. The zero-order valence-electron chi connectivity index (χ0n) is 19.5. The van der Waals surface area contributed by atoms with Crippen LogP contribution in [-0.4, -0.2) is 83.5 Å². The van der Waals surface area contributed by atoms with Crippen molar-refractivity contribution in [2.24, 2.45) is 5.92 Å². The molecule has 32 heavy (non-hydrogen) atoms. The number of nitrogens with zero attached hydrogens (tertiary/aromatic N) is 2. The summed E-state index contributed by atoms with van der Waals surface area (Å²) in [4.78, 5) is 52.4. The van der Waals surface area contributed by atoms with Crippen LogP contribution in [0.4, 0.5) is 0 Å². The van der Waals surface area contributed by atoms with E-state index in [1.165, 1.54) is 16.2 Å². The molecular weight excluding hydrogens is 414 g/mol. The van der Waals surface area contributed by atoms with Crippen LogP contribution in [0.1, 0.15) is 71.6 Å². The minimum Gasteiger partial charge on any atom is -0.481 e. The Morgan fingerprint density at radius 2 is 1.69 bits per heavy atom. The van der Waals surface area contributed by atoms with Crippen molar-refractivity contribution in [3.8, 4) is 0 Å². The van der Waals surface area contributed by atoms with Crippen LogP contribution in [-0.2, 0) is 23.9 Å². The molecule has 0 radical (unpaired) electrons. The molecule has 2 rings (SSSR count). The fourth-order valence-electron chi connectivity index (χ4n) is 4.14. The maximum atomic E-state index is 13.1. The molecule has 1 aliphatic carbocycles. The van der Waals surface area contributed by atoms with E-state index in [0.717, 1.165) is 38.5 Å². The summed E-state index contributed by atoms with van der Waals surface area (Å²) >= 11 is 0. The van der Waals surface area contributed by atoms with Gasteiger partial charge in [0, 0.05) is 25.7 Å². The SMILES string of the molecule is CC(C)CCN(CC(=O)NC1CCCCC1)C(=O)CN(CCC(=O)O)C(=O)C1CCCO1. The second-order valence-electron chi connectivity index (χ2n) is 9.31. The lowest BCUT2D eigenvalue weighted by Gasteiger charge is -2.30. The maximum absolute atomic E-state index is 13.1. The third kappa shape index (κ3) is 9.14. The molecule has 1 heterocycles. The number of ether oxygens (including phenoxy) is 1. The number of rotatable bonds is 12. The highest BCUT2D eigenvalue weighted by Gasteiger charge is 2.31. The van der Waals surface area contributed by atoms with Crippen molar-refractivity contribution >= 4 is 23.7 Å². The van der Waals surface area contributed by atoms with E-state index < -0.39 is 12.1 Å². The number of carbonyl (C=O) groups excluding carboxylic acids is 3. The van der Waals surface area contributed by atoms with Crippen LogP contribution in [0.25, 0.3) is 0 Å². The van der Waals surface area contributed by atoms with Gasteiger partial charge < -0.3 is 25.0 Å². The van der Waals surface area contributed by atoms with Crippen molar-refractivity contribution in [3.63, 3.8) is 0 Å². The average Bonchev–Trinajstić information content (AvgIpc) is 3.28. The molecule has 0 bridgehead atoms. The molecule has 1 aliphatic heterocycles. The maximum Gasteiger partial charge on any atom is 0.305 e. The van der Waals surface area contributed by atoms with Crippen molar-refractivity contribution in [2.75, 3.05) is 32.8 Å². The highest BCUT2D eigenvalue weighted by Crippen LogP contribution is 2.18. The first-order valence-corrected chi connectivity index (χ1v) is 12.0. The first-order valence-electron chi connectivity index (χ1n) is 12.0. The van der Waals surface area contributed by atoms with Crippen molar-refractivity contribution in [3.05, 3.63) is 0 Å². The standard InChI is InChI=1S/C23H39N3O6/c1-17(2)10-12-25(15-20(27)24-18-7-4-3-5-8-18)21(28)16-26(13-11-22(29)30)23(31)19-9-6-14-32-19/h17-19H,3-16H2,1-2H3,(H,24,27)(H,29,30). The van der Waals surface area contributed by atoms with Gasteiger partial charge in [0.1, 0.15) is 6.10 Å². The van der Waals surface area contributed by atoms with Gasteiger partial charge in [-0.1, -0.05) is 33.1 Å². The Morgan fingerprint density at radius 1 is 0.969 bits per heavy atom. The molecule has 0 aromatic carbocycles. The second-order valence-corrected chi connectivity index (χ2v) is 9.31. The molecule has 1 saturated heterocycles. The molecule has 1 atom stereocenters. The zero-order chi connectivity index (χ0) is 23.5. The first-order chi connectivity index (χ1) is 15.3. The van der Waals surface area contributed by atoms with Crippen molar-refractivity contribution in [1.29, 1.82) is 0 Å².